The lowest BCUT2D eigenvalue weighted by Crippen LogP contribution is -2.30. The minimum Gasteiger partial charge on any atom is -0.316 e. The Morgan fingerprint density at radius 2 is 2.00 bits per heavy atom. The predicted octanol–water partition coefficient (Wildman–Crippen LogP) is 1.77. The molecule has 1 fully saturated rings. The van der Waals surface area contributed by atoms with Crippen LogP contribution >= 0.6 is 0 Å². The van der Waals surface area contributed by atoms with Crippen LogP contribution in [0.3, 0.4) is 0 Å². The summed E-state index contributed by atoms with van der Waals surface area (Å²) in [6.45, 7) is 6.71. The summed E-state index contributed by atoms with van der Waals surface area (Å²) in [6, 6.07) is 7.22. The molecule has 1 saturated heterocycles. The summed E-state index contributed by atoms with van der Waals surface area (Å²) in [5, 5.41) is 3.24. The molecular formula is C15H24N2O2S. The van der Waals surface area contributed by atoms with Crippen molar-refractivity contribution in [2.24, 2.45) is 11.8 Å². The van der Waals surface area contributed by atoms with Crippen molar-refractivity contribution in [1.82, 2.24) is 10.0 Å². The van der Waals surface area contributed by atoms with Crippen LogP contribution in [0, 0.1) is 11.8 Å². The van der Waals surface area contributed by atoms with Gasteiger partial charge in [-0.25, -0.2) is 13.1 Å². The van der Waals surface area contributed by atoms with Gasteiger partial charge in [0, 0.05) is 6.54 Å². The Labute approximate surface area is 122 Å². The fourth-order valence-corrected chi connectivity index (χ4v) is 3.59. The summed E-state index contributed by atoms with van der Waals surface area (Å²) in [5.74, 6) is 0.982. The number of hydrogen-bond donors (Lipinski definition) is 2. The van der Waals surface area contributed by atoms with Crippen LogP contribution in [0.2, 0.25) is 0 Å². The standard InChI is InChI=1S/C15H24N2O2S/c1-12(2)9-13-3-5-15(6-4-13)20(18,19)17-11-14-7-8-16-10-14/h3-6,12,14,16-17H,7-11H2,1-2H3. The quantitative estimate of drug-likeness (QED) is 0.841. The van der Waals surface area contributed by atoms with E-state index >= 15 is 0 Å². The van der Waals surface area contributed by atoms with Crippen molar-refractivity contribution >= 4 is 10.0 Å². The molecule has 0 bridgehead atoms. The molecule has 1 heterocycles. The van der Waals surface area contributed by atoms with Gasteiger partial charge in [0.2, 0.25) is 10.0 Å². The molecule has 1 aliphatic heterocycles. The fraction of sp³-hybridized carbons (Fsp3) is 0.600. The molecule has 1 aromatic carbocycles. The number of rotatable bonds is 6. The highest BCUT2D eigenvalue weighted by atomic mass is 32.2. The Morgan fingerprint density at radius 3 is 2.55 bits per heavy atom. The molecule has 4 nitrogen and oxygen atoms in total. The van der Waals surface area contributed by atoms with Crippen LogP contribution in [0.1, 0.15) is 25.8 Å². The molecule has 20 heavy (non-hydrogen) atoms. The maximum atomic E-state index is 12.2. The summed E-state index contributed by atoms with van der Waals surface area (Å²) in [5.41, 5.74) is 1.18. The summed E-state index contributed by atoms with van der Waals surface area (Å²) < 4.78 is 27.1. The van der Waals surface area contributed by atoms with E-state index in [0.29, 0.717) is 23.3 Å². The first-order valence-electron chi connectivity index (χ1n) is 7.26. The van der Waals surface area contributed by atoms with Gasteiger partial charge in [-0.05, 0) is 55.5 Å². The van der Waals surface area contributed by atoms with Gasteiger partial charge in [-0.2, -0.15) is 0 Å². The number of hydrogen-bond acceptors (Lipinski definition) is 3. The number of nitrogens with one attached hydrogen (secondary N) is 2. The Bertz CT molecular complexity index is 517. The molecule has 0 amide bonds. The zero-order valence-corrected chi connectivity index (χ0v) is 13.0. The zero-order chi connectivity index (χ0) is 14.6. The second kappa shape index (κ2) is 6.70. The van der Waals surface area contributed by atoms with Gasteiger partial charge in [-0.3, -0.25) is 0 Å². The van der Waals surface area contributed by atoms with Crippen molar-refractivity contribution in [2.45, 2.75) is 31.6 Å². The highest BCUT2D eigenvalue weighted by molar-refractivity contribution is 7.89. The van der Waals surface area contributed by atoms with Crippen LogP contribution in [0.15, 0.2) is 29.2 Å². The molecule has 0 saturated carbocycles. The summed E-state index contributed by atoms with van der Waals surface area (Å²) in [4.78, 5) is 0.357. The maximum Gasteiger partial charge on any atom is 0.240 e. The molecule has 0 aromatic heterocycles. The summed E-state index contributed by atoms with van der Waals surface area (Å²) >= 11 is 0. The van der Waals surface area contributed by atoms with Gasteiger partial charge in [0.15, 0.2) is 0 Å². The summed E-state index contributed by atoms with van der Waals surface area (Å²) in [7, 11) is -3.37. The lowest BCUT2D eigenvalue weighted by Gasteiger charge is -2.11. The molecule has 2 rings (SSSR count). The molecule has 0 radical (unpaired) electrons. The lowest BCUT2D eigenvalue weighted by molar-refractivity contribution is 0.538. The molecule has 1 unspecified atom stereocenters. The molecule has 112 valence electrons. The van der Waals surface area contributed by atoms with Crippen LogP contribution in [-0.4, -0.2) is 28.1 Å². The van der Waals surface area contributed by atoms with Crippen LogP contribution in [-0.2, 0) is 16.4 Å². The first kappa shape index (κ1) is 15.5. The average Bonchev–Trinajstić information content (AvgIpc) is 2.89. The van der Waals surface area contributed by atoms with Crippen LogP contribution in [0.4, 0.5) is 0 Å². The van der Waals surface area contributed by atoms with Gasteiger partial charge in [0.1, 0.15) is 0 Å². The Morgan fingerprint density at radius 1 is 1.30 bits per heavy atom. The summed E-state index contributed by atoms with van der Waals surface area (Å²) in [6.07, 6.45) is 2.01. The number of sulfonamides is 1. The second-order valence-electron chi connectivity index (χ2n) is 5.95. The van der Waals surface area contributed by atoms with E-state index in [2.05, 4.69) is 23.9 Å². The molecule has 5 heteroatoms. The van der Waals surface area contributed by atoms with Crippen molar-refractivity contribution in [1.29, 1.82) is 0 Å². The van der Waals surface area contributed by atoms with Crippen molar-refractivity contribution in [2.75, 3.05) is 19.6 Å². The van der Waals surface area contributed by atoms with E-state index in [4.69, 9.17) is 0 Å². The first-order valence-corrected chi connectivity index (χ1v) is 8.75. The van der Waals surface area contributed by atoms with Gasteiger partial charge in [0.25, 0.3) is 0 Å². The Hall–Kier alpha value is -0.910. The number of benzene rings is 1. The molecule has 2 N–H and O–H groups in total. The second-order valence-corrected chi connectivity index (χ2v) is 7.72. The van der Waals surface area contributed by atoms with E-state index in [1.54, 1.807) is 12.1 Å². The normalized spacial score (nSPS) is 19.6. The van der Waals surface area contributed by atoms with Gasteiger partial charge in [-0.15, -0.1) is 0 Å². The largest absolute Gasteiger partial charge is 0.316 e. The van der Waals surface area contributed by atoms with Crippen LogP contribution < -0.4 is 10.0 Å². The first-order chi connectivity index (χ1) is 9.47. The van der Waals surface area contributed by atoms with Crippen LogP contribution in [0.5, 0.6) is 0 Å². The SMILES string of the molecule is CC(C)Cc1ccc(S(=O)(=O)NCC2CCNC2)cc1. The lowest BCUT2D eigenvalue weighted by atomic mass is 10.0. The molecule has 1 atom stereocenters. The molecule has 0 spiro atoms. The maximum absolute atomic E-state index is 12.2. The van der Waals surface area contributed by atoms with Gasteiger partial charge < -0.3 is 5.32 Å². The Balaban J connectivity index is 1.97. The highest BCUT2D eigenvalue weighted by Crippen LogP contribution is 2.14. The van der Waals surface area contributed by atoms with Gasteiger partial charge in [0.05, 0.1) is 4.90 Å². The molecule has 0 aliphatic carbocycles. The molecular weight excluding hydrogens is 272 g/mol. The monoisotopic (exact) mass is 296 g/mol. The smallest absolute Gasteiger partial charge is 0.240 e. The van der Waals surface area contributed by atoms with E-state index in [-0.39, 0.29) is 0 Å². The Kier molecular flexibility index (Phi) is 5.18. The van der Waals surface area contributed by atoms with Crippen molar-refractivity contribution in [3.8, 4) is 0 Å². The van der Waals surface area contributed by atoms with E-state index in [0.717, 1.165) is 25.9 Å². The minimum absolute atomic E-state index is 0.357. The molecule has 1 aromatic rings. The molecule has 1 aliphatic rings. The average molecular weight is 296 g/mol. The van der Waals surface area contributed by atoms with E-state index in [1.165, 1.54) is 5.56 Å². The van der Waals surface area contributed by atoms with E-state index in [1.807, 2.05) is 12.1 Å². The van der Waals surface area contributed by atoms with Crippen molar-refractivity contribution < 1.29 is 8.42 Å². The topological polar surface area (TPSA) is 58.2 Å². The van der Waals surface area contributed by atoms with Gasteiger partial charge in [-0.1, -0.05) is 26.0 Å². The zero-order valence-electron chi connectivity index (χ0n) is 12.2. The van der Waals surface area contributed by atoms with Crippen LogP contribution in [0.25, 0.3) is 0 Å². The van der Waals surface area contributed by atoms with Crippen molar-refractivity contribution in [3.05, 3.63) is 29.8 Å². The fourth-order valence-electron chi connectivity index (χ4n) is 2.48. The third-order valence-electron chi connectivity index (χ3n) is 3.60. The van der Waals surface area contributed by atoms with E-state index in [9.17, 15) is 8.42 Å². The van der Waals surface area contributed by atoms with Gasteiger partial charge >= 0.3 is 0 Å². The minimum atomic E-state index is -3.37. The predicted molar refractivity (Wildman–Crippen MR) is 81.1 cm³/mol. The van der Waals surface area contributed by atoms with E-state index < -0.39 is 10.0 Å². The van der Waals surface area contributed by atoms with Crippen molar-refractivity contribution in [3.63, 3.8) is 0 Å². The third-order valence-corrected chi connectivity index (χ3v) is 5.04. The third kappa shape index (κ3) is 4.30. The highest BCUT2D eigenvalue weighted by Gasteiger charge is 2.19.